The molecular weight excluding hydrogens is 358 g/mol. The summed E-state index contributed by atoms with van der Waals surface area (Å²) in [5.41, 5.74) is 3.60. The van der Waals surface area contributed by atoms with Crippen LogP contribution in [0.25, 0.3) is 16.8 Å². The Balaban J connectivity index is 1.79. The van der Waals surface area contributed by atoms with E-state index < -0.39 is 0 Å². The average molecular weight is 375 g/mol. The first-order chi connectivity index (χ1) is 13.1. The van der Waals surface area contributed by atoms with Crippen LogP contribution in [0.4, 0.5) is 5.69 Å². The van der Waals surface area contributed by atoms with Crippen LogP contribution >= 0.6 is 11.3 Å². The lowest BCUT2D eigenvalue weighted by Gasteiger charge is -2.03. The molecule has 0 fully saturated rings. The van der Waals surface area contributed by atoms with E-state index in [1.807, 2.05) is 29.6 Å². The normalized spacial score (nSPS) is 10.9. The fourth-order valence-corrected chi connectivity index (χ4v) is 3.21. The number of allylic oxidation sites excluding steroid dienone is 1. The summed E-state index contributed by atoms with van der Waals surface area (Å²) in [6, 6.07) is 16.9. The van der Waals surface area contributed by atoms with Gasteiger partial charge in [-0.2, -0.15) is 5.26 Å². The fraction of sp³-hybridized carbons (Fsp3) is 0.0952. The minimum absolute atomic E-state index is 0.0164. The number of hydrogen-bond donors (Lipinski definition) is 1. The maximum Gasteiger partial charge on any atom is 0.159 e. The second-order valence-corrected chi connectivity index (χ2v) is 6.58. The number of ether oxygens (including phenoxy) is 1. The Hall–Kier alpha value is -3.43. The zero-order valence-corrected chi connectivity index (χ0v) is 15.7. The summed E-state index contributed by atoms with van der Waals surface area (Å²) in [6.07, 6.45) is 1.62. The van der Waals surface area contributed by atoms with E-state index in [-0.39, 0.29) is 5.78 Å². The number of nitriles is 1. The predicted octanol–water partition coefficient (Wildman–Crippen LogP) is 5.00. The highest BCUT2D eigenvalue weighted by Crippen LogP contribution is 2.28. The molecule has 0 amide bonds. The van der Waals surface area contributed by atoms with Crippen molar-refractivity contribution in [1.29, 1.82) is 5.26 Å². The lowest BCUT2D eigenvalue weighted by atomic mass is 10.1. The van der Waals surface area contributed by atoms with Crippen LogP contribution in [-0.4, -0.2) is 17.9 Å². The van der Waals surface area contributed by atoms with Gasteiger partial charge in [0.25, 0.3) is 0 Å². The molecule has 0 aliphatic heterocycles. The molecule has 0 saturated carbocycles. The fourth-order valence-electron chi connectivity index (χ4n) is 2.41. The van der Waals surface area contributed by atoms with E-state index in [1.165, 1.54) is 18.3 Å². The molecule has 0 radical (unpaired) electrons. The molecule has 1 N–H and O–H groups in total. The Bertz CT molecular complexity index is 1030. The molecular formula is C21H17N3O2S. The second-order valence-electron chi connectivity index (χ2n) is 5.72. The monoisotopic (exact) mass is 375 g/mol. The smallest absolute Gasteiger partial charge is 0.159 e. The van der Waals surface area contributed by atoms with Crippen molar-refractivity contribution in [2.75, 3.05) is 12.4 Å². The van der Waals surface area contributed by atoms with E-state index in [1.54, 1.807) is 37.6 Å². The topological polar surface area (TPSA) is 75.0 Å². The number of carbonyl (C=O) groups excluding carboxylic acids is 1. The number of anilines is 1. The molecule has 2 aromatic carbocycles. The standard InChI is InChI=1S/C21H17N3O2S/c1-14(25)15-6-8-18(9-7-15)23-12-17(11-22)21-24-20(13-27-21)16-4-3-5-19(10-16)26-2/h3-10,12-13,23H,1-2H3/b17-12+. The van der Waals surface area contributed by atoms with Crippen LogP contribution in [0.5, 0.6) is 5.75 Å². The number of Topliss-reactive ketones (excluding diaryl/α,β-unsaturated/α-hetero) is 1. The van der Waals surface area contributed by atoms with Crippen molar-refractivity contribution in [3.63, 3.8) is 0 Å². The second kappa shape index (κ2) is 8.30. The summed E-state index contributed by atoms with van der Waals surface area (Å²) in [7, 11) is 1.62. The average Bonchev–Trinajstić information content (AvgIpc) is 3.19. The molecule has 0 unspecified atom stereocenters. The minimum Gasteiger partial charge on any atom is -0.497 e. The number of ketones is 1. The molecule has 0 aliphatic carbocycles. The molecule has 3 rings (SSSR count). The highest BCUT2D eigenvalue weighted by molar-refractivity contribution is 7.11. The summed E-state index contributed by atoms with van der Waals surface area (Å²) in [6.45, 7) is 1.53. The molecule has 1 heterocycles. The van der Waals surface area contributed by atoms with E-state index in [0.717, 1.165) is 22.7 Å². The number of aromatic nitrogens is 1. The Morgan fingerprint density at radius 2 is 2.04 bits per heavy atom. The first kappa shape index (κ1) is 18.4. The molecule has 0 saturated heterocycles. The van der Waals surface area contributed by atoms with Gasteiger partial charge in [-0.25, -0.2) is 4.98 Å². The van der Waals surface area contributed by atoms with Gasteiger partial charge in [-0.15, -0.1) is 11.3 Å². The van der Waals surface area contributed by atoms with Crippen molar-refractivity contribution >= 4 is 28.4 Å². The molecule has 0 spiro atoms. The number of rotatable bonds is 6. The highest BCUT2D eigenvalue weighted by atomic mass is 32.1. The lowest BCUT2D eigenvalue weighted by Crippen LogP contribution is -1.94. The number of thiazole rings is 1. The molecule has 0 bridgehead atoms. The van der Waals surface area contributed by atoms with Gasteiger partial charge >= 0.3 is 0 Å². The van der Waals surface area contributed by atoms with Gasteiger partial charge in [0.05, 0.1) is 12.8 Å². The Morgan fingerprint density at radius 1 is 1.26 bits per heavy atom. The van der Waals surface area contributed by atoms with Gasteiger partial charge in [-0.3, -0.25) is 4.79 Å². The van der Waals surface area contributed by atoms with Crippen molar-refractivity contribution in [2.24, 2.45) is 0 Å². The van der Waals surface area contributed by atoms with Gasteiger partial charge in [0.2, 0.25) is 0 Å². The quantitative estimate of drug-likeness (QED) is 0.485. The first-order valence-electron chi connectivity index (χ1n) is 8.19. The van der Waals surface area contributed by atoms with E-state index >= 15 is 0 Å². The highest BCUT2D eigenvalue weighted by Gasteiger charge is 2.09. The summed E-state index contributed by atoms with van der Waals surface area (Å²) in [5.74, 6) is 0.774. The van der Waals surface area contributed by atoms with Crippen LogP contribution in [0.1, 0.15) is 22.3 Å². The van der Waals surface area contributed by atoms with Crippen molar-refractivity contribution in [3.8, 4) is 23.1 Å². The van der Waals surface area contributed by atoms with Crippen molar-refractivity contribution < 1.29 is 9.53 Å². The van der Waals surface area contributed by atoms with E-state index in [9.17, 15) is 10.1 Å². The van der Waals surface area contributed by atoms with Crippen molar-refractivity contribution in [1.82, 2.24) is 4.98 Å². The summed E-state index contributed by atoms with van der Waals surface area (Å²) in [4.78, 5) is 15.9. The maximum absolute atomic E-state index is 11.3. The van der Waals surface area contributed by atoms with Gasteiger partial charge in [0, 0.05) is 28.4 Å². The number of nitrogens with zero attached hydrogens (tertiary/aromatic N) is 2. The number of carbonyl (C=O) groups is 1. The van der Waals surface area contributed by atoms with Gasteiger partial charge < -0.3 is 10.1 Å². The number of methoxy groups -OCH3 is 1. The lowest BCUT2D eigenvalue weighted by molar-refractivity contribution is 0.101. The van der Waals surface area contributed by atoms with Crippen LogP contribution in [0.2, 0.25) is 0 Å². The van der Waals surface area contributed by atoms with Crippen LogP contribution < -0.4 is 10.1 Å². The minimum atomic E-state index is 0.0164. The Morgan fingerprint density at radius 3 is 2.70 bits per heavy atom. The summed E-state index contributed by atoms with van der Waals surface area (Å²) in [5, 5.41) is 15.1. The zero-order valence-electron chi connectivity index (χ0n) is 14.9. The number of nitrogens with one attached hydrogen (secondary N) is 1. The SMILES string of the molecule is COc1cccc(-c2csc(/C(C#N)=C/Nc3ccc(C(C)=O)cc3)n2)c1. The van der Waals surface area contributed by atoms with Crippen molar-refractivity contribution in [2.45, 2.75) is 6.92 Å². The molecule has 0 atom stereocenters. The maximum atomic E-state index is 11.3. The van der Waals surface area contributed by atoms with Gasteiger partial charge in [0.15, 0.2) is 5.78 Å². The third-order valence-electron chi connectivity index (χ3n) is 3.90. The molecule has 134 valence electrons. The number of benzene rings is 2. The number of hydrogen-bond acceptors (Lipinski definition) is 6. The Kier molecular flexibility index (Phi) is 5.64. The van der Waals surface area contributed by atoms with E-state index in [4.69, 9.17) is 4.74 Å². The molecule has 27 heavy (non-hydrogen) atoms. The van der Waals surface area contributed by atoms with Crippen molar-refractivity contribution in [3.05, 3.63) is 70.7 Å². The van der Waals surface area contributed by atoms with Gasteiger partial charge in [-0.05, 0) is 43.3 Å². The molecule has 1 aromatic heterocycles. The molecule has 6 heteroatoms. The summed E-state index contributed by atoms with van der Waals surface area (Å²) >= 11 is 1.40. The van der Waals surface area contributed by atoms with Crippen LogP contribution in [0, 0.1) is 11.3 Å². The van der Waals surface area contributed by atoms with Gasteiger partial charge in [0.1, 0.15) is 22.4 Å². The first-order valence-corrected chi connectivity index (χ1v) is 9.07. The van der Waals surface area contributed by atoms with Crippen LogP contribution in [0.3, 0.4) is 0 Å². The molecule has 3 aromatic rings. The summed E-state index contributed by atoms with van der Waals surface area (Å²) < 4.78 is 5.24. The van der Waals surface area contributed by atoms with E-state index in [0.29, 0.717) is 16.1 Å². The van der Waals surface area contributed by atoms with Gasteiger partial charge in [-0.1, -0.05) is 12.1 Å². The molecule has 0 aliphatic rings. The van der Waals surface area contributed by atoms with E-state index in [2.05, 4.69) is 16.4 Å². The third-order valence-corrected chi connectivity index (χ3v) is 4.77. The predicted molar refractivity (Wildman–Crippen MR) is 108 cm³/mol. The van der Waals surface area contributed by atoms with Crippen LogP contribution in [0.15, 0.2) is 60.1 Å². The third kappa shape index (κ3) is 4.40. The largest absolute Gasteiger partial charge is 0.497 e. The van der Waals surface area contributed by atoms with Crippen LogP contribution in [-0.2, 0) is 0 Å². The Labute approximate surface area is 161 Å². The molecule has 5 nitrogen and oxygen atoms in total. The zero-order chi connectivity index (χ0) is 19.2.